The highest BCUT2D eigenvalue weighted by molar-refractivity contribution is 9.10. The first kappa shape index (κ1) is 17.8. The van der Waals surface area contributed by atoms with E-state index >= 15 is 0 Å². The average Bonchev–Trinajstić information content (AvgIpc) is 2.56. The van der Waals surface area contributed by atoms with Gasteiger partial charge in [0.05, 0.1) is 16.8 Å². The summed E-state index contributed by atoms with van der Waals surface area (Å²) in [6, 6.07) is 1.82. The highest BCUT2D eigenvalue weighted by Crippen LogP contribution is 2.25. The number of rotatable bonds is 6. The molecule has 0 bridgehead atoms. The Kier molecular flexibility index (Phi) is 6.95. The largest absolute Gasteiger partial charge is 0.449 e. The summed E-state index contributed by atoms with van der Waals surface area (Å²) >= 11 is 3.46. The van der Waals surface area contributed by atoms with Crippen LogP contribution < -0.4 is 11.1 Å². The van der Waals surface area contributed by atoms with E-state index in [1.54, 1.807) is 6.20 Å². The predicted molar refractivity (Wildman–Crippen MR) is 95.4 cm³/mol. The molecule has 2 rings (SSSR count). The van der Waals surface area contributed by atoms with Crippen LogP contribution in [0, 0.1) is 5.92 Å². The number of nitrogens with zero attached hydrogens (tertiary/aromatic N) is 2. The van der Waals surface area contributed by atoms with Crippen LogP contribution in [-0.2, 0) is 4.74 Å². The van der Waals surface area contributed by atoms with Crippen molar-refractivity contribution in [3.8, 4) is 0 Å². The minimum atomic E-state index is -0.172. The van der Waals surface area contributed by atoms with E-state index in [1.807, 2.05) is 11.0 Å². The molecule has 1 aliphatic rings. The van der Waals surface area contributed by atoms with Gasteiger partial charge in [0.15, 0.2) is 0 Å². The zero-order valence-corrected chi connectivity index (χ0v) is 15.1. The van der Waals surface area contributed by atoms with Crippen molar-refractivity contribution in [2.45, 2.75) is 32.6 Å². The van der Waals surface area contributed by atoms with Crippen LogP contribution in [0.25, 0.3) is 0 Å². The molecular weight excluding hydrogens is 360 g/mol. The second-order valence-corrected chi connectivity index (χ2v) is 6.72. The lowest BCUT2D eigenvalue weighted by molar-refractivity contribution is 0.0877. The predicted octanol–water partition coefficient (Wildman–Crippen LogP) is 3.49. The molecule has 128 valence electrons. The number of ether oxygens (including phenoxy) is 1. The SMILES string of the molecule is CCCCOC(=O)N1CCC(CNc2cc(N)ncc2Br)CC1. The van der Waals surface area contributed by atoms with E-state index in [2.05, 4.69) is 33.2 Å². The maximum atomic E-state index is 11.9. The summed E-state index contributed by atoms with van der Waals surface area (Å²) in [4.78, 5) is 17.7. The number of likely N-dealkylation sites (tertiary alicyclic amines) is 1. The van der Waals surface area contributed by atoms with Crippen LogP contribution in [0.2, 0.25) is 0 Å². The molecule has 1 fully saturated rings. The van der Waals surface area contributed by atoms with Crippen LogP contribution in [0.15, 0.2) is 16.7 Å². The molecule has 0 atom stereocenters. The third kappa shape index (κ3) is 5.57. The van der Waals surface area contributed by atoms with Crippen molar-refractivity contribution >= 4 is 33.5 Å². The lowest BCUT2D eigenvalue weighted by Gasteiger charge is -2.31. The van der Waals surface area contributed by atoms with Gasteiger partial charge < -0.3 is 20.7 Å². The Bertz CT molecular complexity index is 519. The van der Waals surface area contributed by atoms with Gasteiger partial charge in [0.25, 0.3) is 0 Å². The standard InChI is InChI=1S/C16H25BrN4O2/c1-2-3-8-23-16(22)21-6-4-12(5-7-21)10-19-14-9-15(18)20-11-13(14)17/h9,11-12H,2-8,10H2,1H3,(H3,18,19,20). The van der Waals surface area contributed by atoms with Crippen LogP contribution in [0.3, 0.4) is 0 Å². The number of amides is 1. The van der Waals surface area contributed by atoms with Gasteiger partial charge in [0, 0.05) is 31.9 Å². The Morgan fingerprint density at radius 2 is 2.26 bits per heavy atom. The molecule has 1 amide bonds. The van der Waals surface area contributed by atoms with E-state index in [0.717, 1.165) is 55.5 Å². The maximum Gasteiger partial charge on any atom is 0.409 e. The number of unbranched alkanes of at least 4 members (excludes halogenated alkanes) is 1. The second-order valence-electron chi connectivity index (χ2n) is 5.87. The molecule has 0 spiro atoms. The van der Waals surface area contributed by atoms with Gasteiger partial charge in [-0.3, -0.25) is 0 Å². The summed E-state index contributed by atoms with van der Waals surface area (Å²) in [5.41, 5.74) is 6.66. The van der Waals surface area contributed by atoms with E-state index < -0.39 is 0 Å². The molecule has 6 nitrogen and oxygen atoms in total. The number of halogens is 1. The van der Waals surface area contributed by atoms with Crippen LogP contribution in [0.5, 0.6) is 0 Å². The van der Waals surface area contributed by atoms with Gasteiger partial charge in [0.2, 0.25) is 0 Å². The number of piperidine rings is 1. The highest BCUT2D eigenvalue weighted by Gasteiger charge is 2.23. The maximum absolute atomic E-state index is 11.9. The first-order valence-electron chi connectivity index (χ1n) is 8.16. The van der Waals surface area contributed by atoms with Crippen molar-refractivity contribution in [3.05, 3.63) is 16.7 Å². The van der Waals surface area contributed by atoms with Crippen LogP contribution >= 0.6 is 15.9 Å². The normalized spacial score (nSPS) is 15.5. The van der Waals surface area contributed by atoms with Gasteiger partial charge in [-0.05, 0) is 41.1 Å². The van der Waals surface area contributed by atoms with Crippen LogP contribution in [0.1, 0.15) is 32.6 Å². The monoisotopic (exact) mass is 384 g/mol. The van der Waals surface area contributed by atoms with Gasteiger partial charge >= 0.3 is 6.09 Å². The number of nitrogens with one attached hydrogen (secondary N) is 1. The summed E-state index contributed by atoms with van der Waals surface area (Å²) in [5, 5.41) is 3.41. The summed E-state index contributed by atoms with van der Waals surface area (Å²) in [6.45, 7) is 4.99. The molecular formula is C16H25BrN4O2. The van der Waals surface area contributed by atoms with Crippen LogP contribution in [0.4, 0.5) is 16.3 Å². The third-order valence-electron chi connectivity index (χ3n) is 4.05. The quantitative estimate of drug-likeness (QED) is 0.733. The number of nitrogen functional groups attached to an aromatic ring is 1. The van der Waals surface area contributed by atoms with E-state index in [4.69, 9.17) is 10.5 Å². The summed E-state index contributed by atoms with van der Waals surface area (Å²) in [7, 11) is 0. The van der Waals surface area contributed by atoms with Crippen molar-refractivity contribution in [1.29, 1.82) is 0 Å². The zero-order chi connectivity index (χ0) is 16.7. The number of nitrogens with two attached hydrogens (primary N) is 1. The molecule has 0 aliphatic carbocycles. The Balaban J connectivity index is 1.72. The lowest BCUT2D eigenvalue weighted by Crippen LogP contribution is -2.40. The fourth-order valence-corrected chi connectivity index (χ4v) is 2.92. The molecule has 7 heteroatoms. The first-order chi connectivity index (χ1) is 11.1. The molecule has 1 aromatic heterocycles. The summed E-state index contributed by atoms with van der Waals surface area (Å²) < 4.78 is 6.17. The number of hydrogen-bond donors (Lipinski definition) is 2. The zero-order valence-electron chi connectivity index (χ0n) is 13.6. The van der Waals surface area contributed by atoms with Gasteiger partial charge in [-0.25, -0.2) is 9.78 Å². The summed E-state index contributed by atoms with van der Waals surface area (Å²) in [5.74, 6) is 1.04. The molecule has 23 heavy (non-hydrogen) atoms. The Hall–Kier alpha value is -1.50. The minimum absolute atomic E-state index is 0.172. The lowest BCUT2D eigenvalue weighted by atomic mass is 9.97. The molecule has 1 aromatic rings. The average molecular weight is 385 g/mol. The Morgan fingerprint density at radius 3 is 2.96 bits per heavy atom. The van der Waals surface area contributed by atoms with Crippen molar-refractivity contribution in [2.24, 2.45) is 5.92 Å². The minimum Gasteiger partial charge on any atom is -0.449 e. The van der Waals surface area contributed by atoms with Gasteiger partial charge in [-0.2, -0.15) is 0 Å². The number of carbonyl (C=O) groups is 1. The first-order valence-corrected chi connectivity index (χ1v) is 8.96. The topological polar surface area (TPSA) is 80.5 Å². The van der Waals surface area contributed by atoms with Crippen LogP contribution in [-0.4, -0.2) is 42.2 Å². The molecule has 0 saturated carbocycles. The van der Waals surface area contributed by atoms with E-state index in [0.29, 0.717) is 18.3 Å². The molecule has 0 unspecified atom stereocenters. The summed E-state index contributed by atoms with van der Waals surface area (Å²) in [6.07, 6.45) is 5.45. The fourth-order valence-electron chi connectivity index (χ4n) is 2.56. The molecule has 0 radical (unpaired) electrons. The van der Waals surface area contributed by atoms with Crippen molar-refractivity contribution in [2.75, 3.05) is 37.3 Å². The highest BCUT2D eigenvalue weighted by atomic mass is 79.9. The Morgan fingerprint density at radius 1 is 1.52 bits per heavy atom. The second kappa shape index (κ2) is 8.96. The van der Waals surface area contributed by atoms with Gasteiger partial charge in [-0.15, -0.1) is 0 Å². The number of carbonyl (C=O) groups excluding carboxylic acids is 1. The van der Waals surface area contributed by atoms with Crippen molar-refractivity contribution < 1.29 is 9.53 Å². The van der Waals surface area contributed by atoms with Gasteiger partial charge in [0.1, 0.15) is 5.82 Å². The van der Waals surface area contributed by atoms with E-state index in [9.17, 15) is 4.79 Å². The molecule has 0 aromatic carbocycles. The van der Waals surface area contributed by atoms with Crippen molar-refractivity contribution in [3.63, 3.8) is 0 Å². The van der Waals surface area contributed by atoms with E-state index in [-0.39, 0.29) is 6.09 Å². The smallest absolute Gasteiger partial charge is 0.409 e. The number of hydrogen-bond acceptors (Lipinski definition) is 5. The molecule has 1 aliphatic heterocycles. The Labute approximate surface area is 145 Å². The molecule has 1 saturated heterocycles. The molecule has 3 N–H and O–H groups in total. The fraction of sp³-hybridized carbons (Fsp3) is 0.625. The van der Waals surface area contributed by atoms with E-state index in [1.165, 1.54) is 0 Å². The third-order valence-corrected chi connectivity index (χ3v) is 4.69. The van der Waals surface area contributed by atoms with Crippen molar-refractivity contribution in [1.82, 2.24) is 9.88 Å². The molecule has 2 heterocycles. The number of aromatic nitrogens is 1. The number of anilines is 2. The van der Waals surface area contributed by atoms with Gasteiger partial charge in [-0.1, -0.05) is 13.3 Å². The number of pyridine rings is 1.